The van der Waals surface area contributed by atoms with Crippen LogP contribution in [0.4, 0.5) is 0 Å². The van der Waals surface area contributed by atoms with Crippen molar-refractivity contribution in [3.8, 4) is 5.75 Å². The van der Waals surface area contributed by atoms with Gasteiger partial charge in [-0.15, -0.1) is 0 Å². The van der Waals surface area contributed by atoms with Gasteiger partial charge in [-0.3, -0.25) is 77.7 Å². The summed E-state index contributed by atoms with van der Waals surface area (Å²) in [5, 5.41) is 66.6. The molecule has 3 aromatic rings. The molecule has 0 aliphatic carbocycles. The number of carbonyl (C=O) groups excluding carboxylic acids is 8. The molecule has 8 amide bonds. The summed E-state index contributed by atoms with van der Waals surface area (Å²) in [7, 11) is 1.37. The van der Waals surface area contributed by atoms with Crippen molar-refractivity contribution in [1.29, 1.82) is 5.41 Å². The third-order valence-corrected chi connectivity index (χ3v) is 15.2. The Morgan fingerprint density at radius 2 is 1.13 bits per heavy atom. The molecule has 2 aliphatic heterocycles. The normalized spacial score (nSPS) is 19.1. The highest BCUT2D eigenvalue weighted by Gasteiger charge is 2.36. The van der Waals surface area contributed by atoms with Gasteiger partial charge in [0.1, 0.15) is 36.5 Å². The van der Waals surface area contributed by atoms with Crippen molar-refractivity contribution in [1.82, 2.24) is 61.7 Å². The van der Waals surface area contributed by atoms with Crippen LogP contribution in [0.15, 0.2) is 66.7 Å². The Bertz CT molecular complexity index is 2960. The van der Waals surface area contributed by atoms with E-state index in [1.807, 2.05) is 42.5 Å². The summed E-state index contributed by atoms with van der Waals surface area (Å²) in [6.45, 7) is -0.216. The van der Waals surface area contributed by atoms with Crippen LogP contribution in [0.1, 0.15) is 49.7 Å². The first-order chi connectivity index (χ1) is 44.0. The average molecular weight is 1290 g/mol. The van der Waals surface area contributed by atoms with Crippen LogP contribution in [0.2, 0.25) is 0 Å². The second-order valence-corrected chi connectivity index (χ2v) is 22.5. The number of ether oxygens (including phenoxy) is 2. The fourth-order valence-electron chi connectivity index (χ4n) is 10.3. The molecular weight excluding hydrogens is 1200 g/mol. The topological polar surface area (TPSA) is 437 Å². The summed E-state index contributed by atoms with van der Waals surface area (Å²) in [5.41, 5.74) is 6.85. The molecule has 2 heterocycles. The van der Waals surface area contributed by atoms with Gasteiger partial charge in [0.05, 0.1) is 64.9 Å². The lowest BCUT2D eigenvalue weighted by molar-refractivity contribution is -0.142. The molecule has 31 nitrogen and oxygen atoms in total. The van der Waals surface area contributed by atoms with Crippen LogP contribution in [-0.2, 0) is 75.1 Å². The van der Waals surface area contributed by atoms with Crippen LogP contribution >= 0.6 is 0 Å². The summed E-state index contributed by atoms with van der Waals surface area (Å²) in [5.74, 6) is -8.50. The average Bonchev–Trinajstić information content (AvgIpc) is 1.16. The minimum absolute atomic E-state index is 0.00368. The number of carbonyl (C=O) groups is 11. The molecule has 0 aromatic heterocycles. The number of unbranched alkanes of at least 4 members (excludes halogenated alkanes) is 1. The fraction of sp³-hybridized carbons (Fsp3) is 0.541. The molecule has 504 valence electrons. The number of likely N-dealkylation sites (N-methyl/N-ethyl adjacent to an activating group) is 1. The first-order valence-electron chi connectivity index (χ1n) is 30.5. The zero-order valence-corrected chi connectivity index (χ0v) is 51.9. The van der Waals surface area contributed by atoms with Crippen LogP contribution in [0.25, 0.3) is 10.8 Å². The van der Waals surface area contributed by atoms with E-state index >= 15 is 0 Å². The number of hydrogen-bond acceptors (Lipinski definition) is 19. The molecule has 0 unspecified atom stereocenters. The van der Waals surface area contributed by atoms with Gasteiger partial charge in [-0.2, -0.15) is 0 Å². The van der Waals surface area contributed by atoms with E-state index in [0.29, 0.717) is 24.0 Å². The second kappa shape index (κ2) is 39.4. The van der Waals surface area contributed by atoms with Crippen molar-refractivity contribution in [3.05, 3.63) is 77.9 Å². The van der Waals surface area contributed by atoms with Crippen LogP contribution < -0.4 is 43.0 Å². The van der Waals surface area contributed by atoms with E-state index in [1.165, 1.54) is 19.2 Å². The number of fused-ring (bicyclic) bond motifs is 1. The van der Waals surface area contributed by atoms with Gasteiger partial charge >= 0.3 is 17.9 Å². The molecule has 14 N–H and O–H groups in total. The molecule has 2 aliphatic rings. The molecular formula is C61H88N14O17. The van der Waals surface area contributed by atoms with Crippen molar-refractivity contribution < 1.29 is 82.6 Å². The molecule has 2 saturated heterocycles. The Kier molecular flexibility index (Phi) is 31.6. The number of hydrogen-bond donors (Lipinski definition) is 13. The number of phenolic OH excluding ortho intramolecular Hbond substituents is 1. The Hall–Kier alpha value is -8.88. The number of aliphatic carboxylic acids is 3. The number of nitrogens with two attached hydrogens (primary N) is 1. The zero-order valence-electron chi connectivity index (χ0n) is 51.9. The van der Waals surface area contributed by atoms with E-state index in [4.69, 9.17) is 20.6 Å². The quantitative estimate of drug-likeness (QED) is 0.0172. The maximum atomic E-state index is 14.6. The number of nitrogens with one attached hydrogen (secondary N) is 8. The minimum Gasteiger partial charge on any atom is -0.508 e. The Labute approximate surface area is 532 Å². The first-order valence-corrected chi connectivity index (χ1v) is 30.5. The lowest BCUT2D eigenvalue weighted by Crippen LogP contribution is -2.58. The summed E-state index contributed by atoms with van der Waals surface area (Å²) < 4.78 is 10.9. The smallest absolute Gasteiger partial charge is 0.317 e. The van der Waals surface area contributed by atoms with Gasteiger partial charge in [-0.25, -0.2) is 0 Å². The maximum absolute atomic E-state index is 14.6. The van der Waals surface area contributed by atoms with Gasteiger partial charge in [0, 0.05) is 91.8 Å². The highest BCUT2D eigenvalue weighted by molar-refractivity contribution is 5.97. The van der Waals surface area contributed by atoms with Crippen LogP contribution in [0, 0.1) is 5.41 Å². The standard InChI is InChI=1S/C61H88N14O17/c1-71-49(10-6-18-64-51(77)34-66-54(80)40-92-30-29-91-28-19-65-53(79)36-72-20-22-73(37-55(81)82)24-26-75(39-57(85)86)27-25-74(23-21-72)38-56(83)84)60(89)69-46(9-4-5-11-50(62)63)59(88)70-47(33-42-12-15-43-7-2-3-8-44(43)31-42)58(87)67-35-52(78)68-48(61(71)90)32-41-13-16-45(76)17-14-41/h2-3,7-8,12-17,31,46-49,76H,4-6,9-11,18-30,32-40H2,1H3,(H3,62,63)(H,64,77)(H,65,79)(H,66,80)(H,67,87)(H,68,78)(H,69,89)(H,70,88)(H,81,82)(H,83,84)(H,85,86)/t46-,47-,48+,49+/m0/s1. The lowest BCUT2D eigenvalue weighted by atomic mass is 10.00. The molecule has 92 heavy (non-hydrogen) atoms. The number of amidine groups is 1. The largest absolute Gasteiger partial charge is 0.508 e. The molecule has 3 aromatic carbocycles. The van der Waals surface area contributed by atoms with Crippen LogP contribution in [0.3, 0.4) is 0 Å². The maximum Gasteiger partial charge on any atom is 0.317 e. The van der Waals surface area contributed by atoms with Crippen molar-refractivity contribution >= 4 is 81.8 Å². The molecule has 0 radical (unpaired) electrons. The van der Waals surface area contributed by atoms with Gasteiger partial charge in [-0.05, 0) is 59.7 Å². The lowest BCUT2D eigenvalue weighted by Gasteiger charge is -2.32. The van der Waals surface area contributed by atoms with E-state index < -0.39 is 103 Å². The van der Waals surface area contributed by atoms with Gasteiger partial charge in [0.25, 0.3) is 0 Å². The highest BCUT2D eigenvalue weighted by Crippen LogP contribution is 2.19. The molecule has 0 spiro atoms. The molecule has 0 bridgehead atoms. The van der Waals surface area contributed by atoms with Gasteiger partial charge in [0.15, 0.2) is 0 Å². The fourth-order valence-corrected chi connectivity index (χ4v) is 10.3. The Morgan fingerprint density at radius 1 is 0.576 bits per heavy atom. The zero-order chi connectivity index (χ0) is 67.0. The second-order valence-electron chi connectivity index (χ2n) is 22.5. The van der Waals surface area contributed by atoms with Gasteiger partial charge < -0.3 is 77.8 Å². The van der Waals surface area contributed by atoms with Crippen molar-refractivity contribution in [2.45, 2.75) is 75.5 Å². The number of amides is 8. The third-order valence-electron chi connectivity index (χ3n) is 15.2. The molecule has 0 saturated carbocycles. The number of carboxylic acid groups (broad SMARTS) is 3. The highest BCUT2D eigenvalue weighted by atomic mass is 16.5. The molecule has 2 fully saturated rings. The van der Waals surface area contributed by atoms with Crippen molar-refractivity contribution in [2.24, 2.45) is 5.73 Å². The van der Waals surface area contributed by atoms with Gasteiger partial charge in [0.2, 0.25) is 47.3 Å². The number of aromatic hydroxyl groups is 1. The summed E-state index contributed by atoms with van der Waals surface area (Å²) in [6, 6.07) is 14.1. The van der Waals surface area contributed by atoms with E-state index in [1.54, 1.807) is 31.7 Å². The van der Waals surface area contributed by atoms with Crippen LogP contribution in [0.5, 0.6) is 5.75 Å². The monoisotopic (exact) mass is 1290 g/mol. The van der Waals surface area contributed by atoms with E-state index in [9.17, 15) is 73.2 Å². The summed E-state index contributed by atoms with van der Waals surface area (Å²) in [6.07, 6.45) is 0.938. The number of rotatable bonds is 31. The number of phenols is 1. The Morgan fingerprint density at radius 3 is 1.74 bits per heavy atom. The third kappa shape index (κ3) is 28.1. The van der Waals surface area contributed by atoms with E-state index in [0.717, 1.165) is 15.7 Å². The molecule has 5 rings (SSSR count). The van der Waals surface area contributed by atoms with Crippen molar-refractivity contribution in [3.63, 3.8) is 0 Å². The summed E-state index contributed by atoms with van der Waals surface area (Å²) >= 11 is 0. The van der Waals surface area contributed by atoms with E-state index in [-0.39, 0.29) is 167 Å². The SMILES string of the molecule is CN1C(=O)[C@@H](Cc2ccc(O)cc2)NC(=O)CNC(=O)[C@H](Cc2ccc3ccccc3c2)NC(=O)[C@H](CCCCC(=N)N)NC(=O)[C@H]1CCCNC(=O)CNC(=O)COCCOCCNC(=O)CN1CCN(CC(=O)O)CCN(CC(=O)O)CCN(CC(=O)O)CC1. The molecule has 4 atom stereocenters. The van der Waals surface area contributed by atoms with E-state index in [2.05, 4.69) is 37.2 Å². The number of nitrogens with zero attached hydrogens (tertiary/aromatic N) is 5. The first kappa shape index (κ1) is 73.9. The number of benzene rings is 3. The van der Waals surface area contributed by atoms with Crippen molar-refractivity contribution in [2.75, 3.05) is 138 Å². The van der Waals surface area contributed by atoms with Crippen LogP contribution in [-0.4, -0.2) is 278 Å². The Balaban J connectivity index is 1.12. The number of carboxylic acids is 3. The predicted octanol–water partition coefficient (Wildman–Crippen LogP) is -3.12. The predicted molar refractivity (Wildman–Crippen MR) is 334 cm³/mol. The molecule has 31 heteroatoms. The van der Waals surface area contributed by atoms with Gasteiger partial charge in [-0.1, -0.05) is 61.0 Å². The summed E-state index contributed by atoms with van der Waals surface area (Å²) in [4.78, 5) is 152. The minimum atomic E-state index is -1.29.